The van der Waals surface area contributed by atoms with E-state index in [9.17, 15) is 32.0 Å². The van der Waals surface area contributed by atoms with Crippen LogP contribution in [-0.4, -0.2) is 62.1 Å². The maximum absolute atomic E-state index is 13.9. The van der Waals surface area contributed by atoms with Gasteiger partial charge in [0.25, 0.3) is 10.0 Å². The van der Waals surface area contributed by atoms with Crippen molar-refractivity contribution in [2.24, 2.45) is 13.0 Å². The van der Waals surface area contributed by atoms with Crippen LogP contribution in [0.5, 0.6) is 0 Å². The van der Waals surface area contributed by atoms with Crippen LogP contribution in [0.25, 0.3) is 10.6 Å². The van der Waals surface area contributed by atoms with Crippen LogP contribution in [0.15, 0.2) is 29.8 Å². The number of aromatic nitrogens is 4. The SMILES string of the molecule is C[C@@H]1CN(S(=O)(=O)c2cn(C)cn2)CC[C@@H]1Nc1ncc(C(F)(F)F)c(-c2cc(C#N)c(CC(C)(C)O)s2)n1. The second-order valence-electron chi connectivity index (χ2n) is 10.3. The van der Waals surface area contributed by atoms with E-state index in [-0.39, 0.29) is 58.6 Å². The van der Waals surface area contributed by atoms with Crippen LogP contribution in [0.1, 0.15) is 43.2 Å². The van der Waals surface area contributed by atoms with Gasteiger partial charge in [0, 0.05) is 49.9 Å². The normalized spacial score (nSPS) is 19.2. The Bertz CT molecular complexity index is 1500. The first-order chi connectivity index (χ1) is 18.1. The number of rotatable bonds is 7. The highest BCUT2D eigenvalue weighted by Gasteiger charge is 2.38. The quantitative estimate of drug-likeness (QED) is 0.430. The van der Waals surface area contributed by atoms with Crippen LogP contribution >= 0.6 is 11.3 Å². The third-order valence-electron chi connectivity index (χ3n) is 6.32. The highest BCUT2D eigenvalue weighted by atomic mass is 32.2. The summed E-state index contributed by atoms with van der Waals surface area (Å²) >= 11 is 0.971. The number of hydrogen-bond donors (Lipinski definition) is 2. The number of aryl methyl sites for hydroxylation is 1. The molecule has 15 heteroatoms. The van der Waals surface area contributed by atoms with E-state index >= 15 is 0 Å². The predicted octanol–water partition coefficient (Wildman–Crippen LogP) is 3.65. The van der Waals surface area contributed by atoms with Crippen molar-refractivity contribution in [3.8, 4) is 16.6 Å². The lowest BCUT2D eigenvalue weighted by Crippen LogP contribution is -2.47. The number of nitrogens with zero attached hydrogens (tertiary/aromatic N) is 6. The summed E-state index contributed by atoms with van der Waals surface area (Å²) < 4.78 is 70.4. The Morgan fingerprint density at radius 1 is 1.31 bits per heavy atom. The molecule has 2 N–H and O–H groups in total. The first kappa shape index (κ1) is 28.9. The topological polar surface area (TPSA) is 137 Å². The Labute approximate surface area is 228 Å². The summed E-state index contributed by atoms with van der Waals surface area (Å²) in [5, 5.41) is 22.7. The van der Waals surface area contributed by atoms with E-state index in [1.807, 2.05) is 13.0 Å². The molecule has 0 aromatic carbocycles. The maximum Gasteiger partial charge on any atom is 0.420 e. The predicted molar refractivity (Wildman–Crippen MR) is 138 cm³/mol. The Hall–Kier alpha value is -3.06. The first-order valence-electron chi connectivity index (χ1n) is 12.0. The highest BCUT2D eigenvalue weighted by molar-refractivity contribution is 7.89. The average Bonchev–Trinajstić information content (AvgIpc) is 3.44. The fourth-order valence-electron chi connectivity index (χ4n) is 4.37. The standard InChI is InChI=1S/C24H28F3N7O3S2/c1-14-11-34(39(36,37)20-12-33(4)13-30-20)6-5-17(14)31-22-29-10-16(24(25,26)27)21(32-22)18-7-15(9-28)19(38-18)8-23(2,3)35/h7,10,12-14,17,35H,5-6,8,11H2,1-4H3,(H,29,31,32)/t14-,17+/m1/s1. The van der Waals surface area contributed by atoms with Crippen molar-refractivity contribution in [2.75, 3.05) is 18.4 Å². The van der Waals surface area contributed by atoms with Gasteiger partial charge in [-0.3, -0.25) is 0 Å². The van der Waals surface area contributed by atoms with Crippen LogP contribution < -0.4 is 5.32 Å². The van der Waals surface area contributed by atoms with Crippen LogP contribution in [0, 0.1) is 17.2 Å². The van der Waals surface area contributed by atoms with Crippen LogP contribution in [0.4, 0.5) is 19.1 Å². The van der Waals surface area contributed by atoms with E-state index in [0.29, 0.717) is 17.5 Å². The number of imidazole rings is 1. The second-order valence-corrected chi connectivity index (χ2v) is 13.3. The Kier molecular flexibility index (Phi) is 7.78. The summed E-state index contributed by atoms with van der Waals surface area (Å²) in [7, 11) is -2.10. The van der Waals surface area contributed by atoms with E-state index in [2.05, 4.69) is 20.3 Å². The molecule has 210 valence electrons. The van der Waals surface area contributed by atoms with E-state index in [1.165, 1.54) is 22.9 Å². The fraction of sp³-hybridized carbons (Fsp3) is 0.500. The maximum atomic E-state index is 13.9. The smallest absolute Gasteiger partial charge is 0.390 e. The molecule has 1 aliphatic rings. The van der Waals surface area contributed by atoms with Crippen molar-refractivity contribution >= 4 is 27.3 Å². The summed E-state index contributed by atoms with van der Waals surface area (Å²) in [6.07, 6.45) is -0.727. The Balaban J connectivity index is 1.59. The molecule has 4 rings (SSSR count). The molecule has 3 aromatic heterocycles. The summed E-state index contributed by atoms with van der Waals surface area (Å²) in [4.78, 5) is 12.6. The van der Waals surface area contributed by atoms with E-state index < -0.39 is 27.4 Å². The van der Waals surface area contributed by atoms with Crippen molar-refractivity contribution < 1.29 is 26.7 Å². The van der Waals surface area contributed by atoms with Gasteiger partial charge < -0.3 is 15.0 Å². The van der Waals surface area contributed by atoms with Crippen LogP contribution in [0.3, 0.4) is 0 Å². The van der Waals surface area contributed by atoms with Gasteiger partial charge >= 0.3 is 6.18 Å². The van der Waals surface area contributed by atoms with Crippen molar-refractivity contribution in [1.82, 2.24) is 23.8 Å². The zero-order chi connectivity index (χ0) is 28.8. The molecule has 0 saturated carbocycles. The van der Waals surface area contributed by atoms with Gasteiger partial charge in [-0.1, -0.05) is 6.92 Å². The van der Waals surface area contributed by atoms with Crippen molar-refractivity contribution in [1.29, 1.82) is 5.26 Å². The molecule has 0 bridgehead atoms. The van der Waals surface area contributed by atoms with Gasteiger partial charge in [-0.2, -0.15) is 22.7 Å². The largest absolute Gasteiger partial charge is 0.420 e. The monoisotopic (exact) mass is 583 g/mol. The molecule has 0 unspecified atom stereocenters. The molecule has 1 saturated heterocycles. The Morgan fingerprint density at radius 3 is 2.59 bits per heavy atom. The molecular weight excluding hydrogens is 555 g/mol. The number of alkyl halides is 3. The fourth-order valence-corrected chi connectivity index (χ4v) is 7.23. The lowest BCUT2D eigenvalue weighted by molar-refractivity contribution is -0.137. The zero-order valence-corrected chi connectivity index (χ0v) is 23.3. The number of thiophene rings is 1. The van der Waals surface area contributed by atoms with Crippen LogP contribution in [0.2, 0.25) is 0 Å². The minimum atomic E-state index is -4.74. The second kappa shape index (κ2) is 10.5. The number of sulfonamides is 1. The minimum Gasteiger partial charge on any atom is -0.390 e. The summed E-state index contributed by atoms with van der Waals surface area (Å²) in [5.41, 5.74) is -2.40. The third kappa shape index (κ3) is 6.40. The average molecular weight is 584 g/mol. The zero-order valence-electron chi connectivity index (χ0n) is 21.7. The molecule has 0 aliphatic carbocycles. The van der Waals surface area contributed by atoms with Crippen molar-refractivity contribution in [2.45, 2.75) is 56.5 Å². The van der Waals surface area contributed by atoms with E-state index in [1.54, 1.807) is 25.5 Å². The van der Waals surface area contributed by atoms with Gasteiger partial charge in [-0.15, -0.1) is 11.3 Å². The molecule has 1 fully saturated rings. The van der Waals surface area contributed by atoms with Gasteiger partial charge in [-0.25, -0.2) is 23.4 Å². The molecular formula is C24H28F3N7O3S2. The molecule has 0 radical (unpaired) electrons. The van der Waals surface area contributed by atoms with E-state index in [0.717, 1.165) is 11.3 Å². The molecule has 0 spiro atoms. The highest BCUT2D eigenvalue weighted by Crippen LogP contribution is 2.40. The number of piperidine rings is 1. The van der Waals surface area contributed by atoms with E-state index in [4.69, 9.17) is 0 Å². The van der Waals surface area contributed by atoms with Gasteiger partial charge in [0.15, 0.2) is 5.03 Å². The van der Waals surface area contributed by atoms with Crippen molar-refractivity contribution in [3.63, 3.8) is 0 Å². The number of nitrogens with one attached hydrogen (secondary N) is 1. The van der Waals surface area contributed by atoms with Gasteiger partial charge in [-0.05, 0) is 32.3 Å². The summed E-state index contributed by atoms with van der Waals surface area (Å²) in [5.74, 6) is -0.247. The molecule has 4 heterocycles. The number of nitriles is 1. The Morgan fingerprint density at radius 2 is 2.03 bits per heavy atom. The molecule has 0 amide bonds. The molecule has 2 atom stereocenters. The molecule has 3 aromatic rings. The molecule has 39 heavy (non-hydrogen) atoms. The van der Waals surface area contributed by atoms with Gasteiger partial charge in [0.2, 0.25) is 5.95 Å². The molecule has 10 nitrogen and oxygen atoms in total. The van der Waals surface area contributed by atoms with Gasteiger partial charge in [0.05, 0.1) is 28.1 Å². The third-order valence-corrected chi connectivity index (χ3v) is 9.21. The van der Waals surface area contributed by atoms with Crippen molar-refractivity contribution in [3.05, 3.63) is 40.8 Å². The summed E-state index contributed by atoms with van der Waals surface area (Å²) in [6.45, 7) is 5.31. The summed E-state index contributed by atoms with van der Waals surface area (Å²) in [6, 6.07) is 3.03. The number of halogens is 3. The minimum absolute atomic E-state index is 0.0353. The number of aliphatic hydroxyl groups is 1. The number of anilines is 1. The van der Waals surface area contributed by atoms with Gasteiger partial charge in [0.1, 0.15) is 11.6 Å². The lowest BCUT2D eigenvalue weighted by atomic mass is 9.95. The first-order valence-corrected chi connectivity index (χ1v) is 14.3. The lowest BCUT2D eigenvalue weighted by Gasteiger charge is -2.36. The number of hydrogen-bond acceptors (Lipinski definition) is 9. The molecule has 1 aliphatic heterocycles. The van der Waals surface area contributed by atoms with Crippen LogP contribution in [-0.2, 0) is 29.7 Å².